The molecule has 0 aliphatic rings. The summed E-state index contributed by atoms with van der Waals surface area (Å²) in [5.74, 6) is -1.52. The van der Waals surface area contributed by atoms with Crippen LogP contribution in [0.25, 0.3) is 6.08 Å². The summed E-state index contributed by atoms with van der Waals surface area (Å²) in [6, 6.07) is 30.0. The van der Waals surface area contributed by atoms with Crippen molar-refractivity contribution in [1.82, 2.24) is 5.32 Å². The Balaban J connectivity index is 1.42. The first-order valence-corrected chi connectivity index (χ1v) is 16.5. The molecule has 4 rings (SSSR count). The number of unbranched alkanes of at least 4 members (excludes halogenated alkanes) is 1. The van der Waals surface area contributed by atoms with Gasteiger partial charge in [0.2, 0.25) is 5.91 Å². The average Bonchev–Trinajstić information content (AvgIpc) is 3.09. The molecule has 1 unspecified atom stereocenters. The summed E-state index contributed by atoms with van der Waals surface area (Å²) in [6.45, 7) is 4.19. The van der Waals surface area contributed by atoms with Gasteiger partial charge in [0, 0.05) is 41.6 Å². The standard InChI is InChI=1S/C38H40N4O5S/c1-5-6-23-47-38(46)29-17-19-30(20-18-29)39-35(43)26(2)48-33-14-10-13-31(25-33)40-37(45)34(41-36(44)28-11-8-7-9-12-28)24-27-15-21-32(22-16-27)42(3)4/h7-22,24-26H,5-6,23H2,1-4H3,(H,39,43)(H,40,45)(H,41,44)/b34-24+. The SMILES string of the molecule is CCCCOC(=O)c1ccc(NC(=O)C(C)Sc2cccc(NC(=O)/C(=C\c3ccc(N(C)C)cc3)NC(=O)c3ccccc3)c2)cc1. The molecular formula is C38H40N4O5S. The van der Waals surface area contributed by atoms with Gasteiger partial charge in [-0.2, -0.15) is 0 Å². The van der Waals surface area contributed by atoms with Crippen molar-refractivity contribution in [3.05, 3.63) is 126 Å². The van der Waals surface area contributed by atoms with E-state index in [4.69, 9.17) is 4.74 Å². The number of amides is 3. The van der Waals surface area contributed by atoms with E-state index in [9.17, 15) is 19.2 Å². The van der Waals surface area contributed by atoms with Gasteiger partial charge in [0.25, 0.3) is 11.8 Å². The molecule has 0 spiro atoms. The van der Waals surface area contributed by atoms with E-state index in [1.54, 1.807) is 79.7 Å². The maximum absolute atomic E-state index is 13.5. The summed E-state index contributed by atoms with van der Waals surface area (Å²) in [4.78, 5) is 54.4. The first-order chi connectivity index (χ1) is 23.1. The van der Waals surface area contributed by atoms with E-state index in [1.165, 1.54) is 11.8 Å². The third-order valence-corrected chi connectivity index (χ3v) is 8.24. The van der Waals surface area contributed by atoms with E-state index in [0.29, 0.717) is 29.1 Å². The van der Waals surface area contributed by atoms with Crippen molar-refractivity contribution < 1.29 is 23.9 Å². The molecule has 0 bridgehead atoms. The highest BCUT2D eigenvalue weighted by Crippen LogP contribution is 2.27. The Hall–Kier alpha value is -5.35. The Kier molecular flexibility index (Phi) is 13.0. The lowest BCUT2D eigenvalue weighted by atomic mass is 10.1. The van der Waals surface area contributed by atoms with Crippen molar-refractivity contribution in [2.45, 2.75) is 36.8 Å². The van der Waals surface area contributed by atoms with Crippen LogP contribution in [-0.4, -0.2) is 49.6 Å². The number of carbonyl (C=O) groups excluding carboxylic acids is 4. The summed E-state index contributed by atoms with van der Waals surface area (Å²) in [6.07, 6.45) is 3.37. The molecule has 9 nitrogen and oxygen atoms in total. The third-order valence-electron chi connectivity index (χ3n) is 7.14. The van der Waals surface area contributed by atoms with Gasteiger partial charge in [0.15, 0.2) is 0 Å². The number of thioether (sulfide) groups is 1. The van der Waals surface area contributed by atoms with Crippen LogP contribution in [0.4, 0.5) is 17.1 Å². The smallest absolute Gasteiger partial charge is 0.338 e. The van der Waals surface area contributed by atoms with E-state index in [0.717, 1.165) is 29.0 Å². The molecule has 0 saturated heterocycles. The molecule has 4 aromatic carbocycles. The number of nitrogens with one attached hydrogen (secondary N) is 3. The van der Waals surface area contributed by atoms with E-state index in [1.807, 2.05) is 62.3 Å². The molecule has 4 aromatic rings. The molecule has 0 saturated carbocycles. The van der Waals surface area contributed by atoms with Crippen molar-refractivity contribution in [3.63, 3.8) is 0 Å². The maximum atomic E-state index is 13.5. The van der Waals surface area contributed by atoms with Crippen LogP contribution in [-0.2, 0) is 14.3 Å². The van der Waals surface area contributed by atoms with Crippen LogP contribution in [0.2, 0.25) is 0 Å². The molecule has 3 amide bonds. The van der Waals surface area contributed by atoms with E-state index < -0.39 is 23.0 Å². The van der Waals surface area contributed by atoms with E-state index in [2.05, 4.69) is 16.0 Å². The van der Waals surface area contributed by atoms with Crippen LogP contribution < -0.4 is 20.9 Å². The monoisotopic (exact) mass is 664 g/mol. The highest BCUT2D eigenvalue weighted by Gasteiger charge is 2.18. The lowest BCUT2D eigenvalue weighted by molar-refractivity contribution is -0.115. The number of esters is 1. The third kappa shape index (κ3) is 10.6. The molecule has 3 N–H and O–H groups in total. The van der Waals surface area contributed by atoms with Gasteiger partial charge >= 0.3 is 5.97 Å². The summed E-state index contributed by atoms with van der Waals surface area (Å²) >= 11 is 1.33. The Labute approximate surface area is 285 Å². The number of carbonyl (C=O) groups is 4. The molecular weight excluding hydrogens is 625 g/mol. The number of hydrogen-bond donors (Lipinski definition) is 3. The van der Waals surface area contributed by atoms with Gasteiger partial charge in [-0.15, -0.1) is 11.8 Å². The zero-order valence-electron chi connectivity index (χ0n) is 27.5. The summed E-state index contributed by atoms with van der Waals surface area (Å²) in [5.41, 5.74) is 3.73. The molecule has 48 heavy (non-hydrogen) atoms. The second-order valence-electron chi connectivity index (χ2n) is 11.2. The van der Waals surface area contributed by atoms with E-state index in [-0.39, 0.29) is 11.6 Å². The fraction of sp³-hybridized carbons (Fsp3) is 0.211. The predicted molar refractivity (Wildman–Crippen MR) is 193 cm³/mol. The number of nitrogens with zero attached hydrogens (tertiary/aromatic N) is 1. The maximum Gasteiger partial charge on any atom is 0.338 e. The fourth-order valence-corrected chi connectivity index (χ4v) is 5.33. The number of ether oxygens (including phenoxy) is 1. The Morgan fingerprint density at radius 3 is 2.19 bits per heavy atom. The molecule has 0 radical (unpaired) electrons. The number of benzene rings is 4. The summed E-state index contributed by atoms with van der Waals surface area (Å²) in [5, 5.41) is 8.04. The van der Waals surface area contributed by atoms with Crippen molar-refractivity contribution in [2.24, 2.45) is 0 Å². The average molecular weight is 665 g/mol. The molecule has 0 aliphatic carbocycles. The van der Waals surface area contributed by atoms with Crippen LogP contribution in [0, 0.1) is 0 Å². The lowest BCUT2D eigenvalue weighted by Gasteiger charge is -2.15. The lowest BCUT2D eigenvalue weighted by Crippen LogP contribution is -2.30. The second kappa shape index (κ2) is 17.5. The zero-order chi connectivity index (χ0) is 34.5. The van der Waals surface area contributed by atoms with Gasteiger partial charge in [-0.1, -0.05) is 49.7 Å². The largest absolute Gasteiger partial charge is 0.462 e. The second-order valence-corrected chi connectivity index (χ2v) is 12.6. The van der Waals surface area contributed by atoms with E-state index >= 15 is 0 Å². The highest BCUT2D eigenvalue weighted by atomic mass is 32.2. The fourth-order valence-electron chi connectivity index (χ4n) is 4.41. The Morgan fingerprint density at radius 2 is 1.52 bits per heavy atom. The van der Waals surface area contributed by atoms with Crippen LogP contribution in [0.3, 0.4) is 0 Å². The van der Waals surface area contributed by atoms with Crippen molar-refractivity contribution in [3.8, 4) is 0 Å². The predicted octanol–water partition coefficient (Wildman–Crippen LogP) is 7.24. The highest BCUT2D eigenvalue weighted by molar-refractivity contribution is 8.00. The van der Waals surface area contributed by atoms with Gasteiger partial charge in [-0.25, -0.2) is 4.79 Å². The molecule has 0 aromatic heterocycles. The Bertz CT molecular complexity index is 1740. The number of rotatable bonds is 14. The summed E-state index contributed by atoms with van der Waals surface area (Å²) in [7, 11) is 3.89. The topological polar surface area (TPSA) is 117 Å². The van der Waals surface area contributed by atoms with Gasteiger partial charge in [-0.3, -0.25) is 14.4 Å². The minimum atomic E-state index is -0.499. The number of anilines is 3. The normalized spacial score (nSPS) is 11.6. The summed E-state index contributed by atoms with van der Waals surface area (Å²) < 4.78 is 5.23. The van der Waals surface area contributed by atoms with Crippen LogP contribution in [0.15, 0.2) is 114 Å². The van der Waals surface area contributed by atoms with Crippen LogP contribution >= 0.6 is 11.8 Å². The van der Waals surface area contributed by atoms with Crippen molar-refractivity contribution in [1.29, 1.82) is 0 Å². The van der Waals surface area contributed by atoms with Gasteiger partial charge in [0.05, 0.1) is 17.4 Å². The first-order valence-electron chi connectivity index (χ1n) is 15.6. The molecule has 248 valence electrons. The molecule has 0 aliphatic heterocycles. The van der Waals surface area contributed by atoms with Crippen molar-refractivity contribution in [2.75, 3.05) is 36.2 Å². The Morgan fingerprint density at radius 1 is 0.812 bits per heavy atom. The van der Waals surface area contributed by atoms with Gasteiger partial charge in [0.1, 0.15) is 5.70 Å². The molecule has 1 atom stereocenters. The molecule has 10 heteroatoms. The zero-order valence-corrected chi connectivity index (χ0v) is 28.3. The molecule has 0 fully saturated rings. The minimum absolute atomic E-state index is 0.0764. The quantitative estimate of drug-likeness (QED) is 0.0563. The number of hydrogen-bond acceptors (Lipinski definition) is 7. The van der Waals surface area contributed by atoms with Crippen LogP contribution in [0.5, 0.6) is 0 Å². The molecule has 0 heterocycles. The first kappa shape index (κ1) is 35.5. The minimum Gasteiger partial charge on any atom is -0.462 e. The van der Waals surface area contributed by atoms with Gasteiger partial charge < -0.3 is 25.6 Å². The van der Waals surface area contributed by atoms with Crippen LogP contribution in [0.1, 0.15) is 53.0 Å². The van der Waals surface area contributed by atoms with Gasteiger partial charge in [-0.05, 0) is 91.7 Å². The van der Waals surface area contributed by atoms with Crippen molar-refractivity contribution >= 4 is 58.6 Å².